The molecule has 1 aromatic carbocycles. The van der Waals surface area contributed by atoms with Crippen molar-refractivity contribution in [2.75, 3.05) is 26.7 Å². The van der Waals surface area contributed by atoms with Crippen LogP contribution in [0.3, 0.4) is 0 Å². The summed E-state index contributed by atoms with van der Waals surface area (Å²) in [6.07, 6.45) is -3.73. The molecule has 128 valence electrons. The molecule has 1 aliphatic rings. The maximum Gasteiger partial charge on any atom is 0.416 e. The third-order valence-electron chi connectivity index (χ3n) is 4.12. The van der Waals surface area contributed by atoms with Crippen LogP contribution in [0.25, 0.3) is 0 Å². The Labute approximate surface area is 132 Å². The summed E-state index contributed by atoms with van der Waals surface area (Å²) < 4.78 is 52.1. The summed E-state index contributed by atoms with van der Waals surface area (Å²) in [6.45, 7) is 3.53. The second-order valence-corrected chi connectivity index (χ2v) is 6.12. The summed E-state index contributed by atoms with van der Waals surface area (Å²) in [5.74, 6) is -0.622. The first-order valence-corrected chi connectivity index (χ1v) is 7.46. The van der Waals surface area contributed by atoms with Gasteiger partial charge in [0.15, 0.2) is 0 Å². The number of benzene rings is 1. The third-order valence-corrected chi connectivity index (χ3v) is 4.12. The zero-order chi connectivity index (χ0) is 17.2. The molecular weight excluding hydrogens is 312 g/mol. The Kier molecular flexibility index (Phi) is 5.29. The Morgan fingerprint density at radius 2 is 2.09 bits per heavy atom. The molecule has 0 saturated carbocycles. The fraction of sp³-hybridized carbons (Fsp3) is 0.562. The van der Waals surface area contributed by atoms with Crippen LogP contribution in [0.4, 0.5) is 17.6 Å². The lowest BCUT2D eigenvalue weighted by atomic mass is 10.0. The molecule has 23 heavy (non-hydrogen) atoms. The number of nitrogens with zero attached hydrogens (tertiary/aromatic N) is 2. The van der Waals surface area contributed by atoms with Gasteiger partial charge >= 0.3 is 6.18 Å². The van der Waals surface area contributed by atoms with Crippen LogP contribution in [-0.4, -0.2) is 42.4 Å². The van der Waals surface area contributed by atoms with Crippen molar-refractivity contribution >= 4 is 5.91 Å². The number of hydrogen-bond acceptors (Lipinski definition) is 2. The standard InChI is InChI=1S/C16H20F4N2O/c1-11(23)22-6-5-12(9-22)8-21(2)10-13-3-4-14(17)7-15(13)16(18,19)20/h3-4,7,12H,5-6,8-10H2,1-2H3/t12-/m0/s1. The Bertz CT molecular complexity index is 574. The van der Waals surface area contributed by atoms with Crippen molar-refractivity contribution < 1.29 is 22.4 Å². The van der Waals surface area contributed by atoms with E-state index in [0.717, 1.165) is 12.5 Å². The maximum absolute atomic E-state index is 13.1. The molecule has 1 aliphatic heterocycles. The summed E-state index contributed by atoms with van der Waals surface area (Å²) >= 11 is 0. The second-order valence-electron chi connectivity index (χ2n) is 6.12. The van der Waals surface area contributed by atoms with Gasteiger partial charge in [-0.3, -0.25) is 4.79 Å². The summed E-state index contributed by atoms with van der Waals surface area (Å²) in [4.78, 5) is 14.8. The number of halogens is 4. The zero-order valence-electron chi connectivity index (χ0n) is 13.2. The molecule has 0 aliphatic carbocycles. The molecule has 1 heterocycles. The van der Waals surface area contributed by atoms with Gasteiger partial charge < -0.3 is 9.80 Å². The lowest BCUT2D eigenvalue weighted by molar-refractivity contribution is -0.138. The molecule has 1 fully saturated rings. The van der Waals surface area contributed by atoms with Crippen molar-refractivity contribution in [1.82, 2.24) is 9.80 Å². The molecule has 3 nitrogen and oxygen atoms in total. The van der Waals surface area contributed by atoms with E-state index in [1.165, 1.54) is 13.0 Å². The van der Waals surface area contributed by atoms with Crippen LogP contribution in [0.5, 0.6) is 0 Å². The topological polar surface area (TPSA) is 23.6 Å². The van der Waals surface area contributed by atoms with Crippen LogP contribution in [0, 0.1) is 11.7 Å². The number of rotatable bonds is 4. The second kappa shape index (κ2) is 6.86. The normalized spacial score (nSPS) is 18.7. The molecule has 1 aromatic rings. The van der Waals surface area contributed by atoms with E-state index in [9.17, 15) is 22.4 Å². The molecule has 0 aromatic heterocycles. The largest absolute Gasteiger partial charge is 0.416 e. The SMILES string of the molecule is CC(=O)N1CC[C@@H](CN(C)Cc2ccc(F)cc2C(F)(F)F)C1. The number of likely N-dealkylation sites (tertiary alicyclic amines) is 1. The van der Waals surface area contributed by atoms with Gasteiger partial charge in [-0.2, -0.15) is 13.2 Å². The molecule has 1 saturated heterocycles. The highest BCUT2D eigenvalue weighted by atomic mass is 19.4. The minimum absolute atomic E-state index is 0.0213. The molecular formula is C16H20F4N2O. The first-order valence-electron chi connectivity index (χ1n) is 7.46. The Balaban J connectivity index is 2.01. The number of carbonyl (C=O) groups is 1. The first-order chi connectivity index (χ1) is 10.7. The average Bonchev–Trinajstić information content (AvgIpc) is 2.88. The Morgan fingerprint density at radius 1 is 1.39 bits per heavy atom. The van der Waals surface area contributed by atoms with Crippen molar-refractivity contribution in [2.45, 2.75) is 26.1 Å². The number of hydrogen-bond donors (Lipinski definition) is 0. The molecule has 1 amide bonds. The quantitative estimate of drug-likeness (QED) is 0.791. The van der Waals surface area contributed by atoms with Crippen LogP contribution >= 0.6 is 0 Å². The molecule has 0 N–H and O–H groups in total. The lowest BCUT2D eigenvalue weighted by Crippen LogP contribution is -2.30. The van der Waals surface area contributed by atoms with Gasteiger partial charge in [-0.1, -0.05) is 6.07 Å². The molecule has 7 heteroatoms. The monoisotopic (exact) mass is 332 g/mol. The summed E-state index contributed by atoms with van der Waals surface area (Å²) in [6, 6.07) is 2.77. The smallest absolute Gasteiger partial charge is 0.343 e. The summed E-state index contributed by atoms with van der Waals surface area (Å²) in [5.41, 5.74) is -0.871. The highest BCUT2D eigenvalue weighted by molar-refractivity contribution is 5.73. The van der Waals surface area contributed by atoms with Gasteiger partial charge in [0.2, 0.25) is 5.91 Å². The van der Waals surface area contributed by atoms with Gasteiger partial charge in [-0.05, 0) is 37.1 Å². The van der Waals surface area contributed by atoms with Gasteiger partial charge in [-0.15, -0.1) is 0 Å². The van der Waals surface area contributed by atoms with Gasteiger partial charge in [0, 0.05) is 33.1 Å². The minimum atomic E-state index is -4.57. The van der Waals surface area contributed by atoms with Crippen LogP contribution in [-0.2, 0) is 17.5 Å². The fourth-order valence-electron chi connectivity index (χ4n) is 3.01. The van der Waals surface area contributed by atoms with Crippen molar-refractivity contribution in [2.24, 2.45) is 5.92 Å². The fourth-order valence-corrected chi connectivity index (χ4v) is 3.01. The van der Waals surface area contributed by atoms with E-state index in [-0.39, 0.29) is 23.9 Å². The highest BCUT2D eigenvalue weighted by Gasteiger charge is 2.34. The van der Waals surface area contributed by atoms with Crippen molar-refractivity contribution in [3.05, 3.63) is 35.1 Å². The van der Waals surface area contributed by atoms with Gasteiger partial charge in [0.25, 0.3) is 0 Å². The van der Waals surface area contributed by atoms with E-state index in [2.05, 4.69) is 0 Å². The van der Waals surface area contributed by atoms with E-state index in [1.54, 1.807) is 16.8 Å². The van der Waals surface area contributed by atoms with E-state index in [0.29, 0.717) is 25.7 Å². The minimum Gasteiger partial charge on any atom is -0.343 e. The van der Waals surface area contributed by atoms with Crippen LogP contribution in [0.15, 0.2) is 18.2 Å². The molecule has 0 spiro atoms. The average molecular weight is 332 g/mol. The van der Waals surface area contributed by atoms with E-state index >= 15 is 0 Å². The summed E-state index contributed by atoms with van der Waals surface area (Å²) in [5, 5.41) is 0. The number of alkyl halides is 3. The van der Waals surface area contributed by atoms with Crippen molar-refractivity contribution in [1.29, 1.82) is 0 Å². The molecule has 0 radical (unpaired) electrons. The lowest BCUT2D eigenvalue weighted by Gasteiger charge is -2.23. The van der Waals surface area contributed by atoms with Gasteiger partial charge in [0.1, 0.15) is 5.82 Å². The molecule has 0 bridgehead atoms. The van der Waals surface area contributed by atoms with Gasteiger partial charge in [-0.25, -0.2) is 4.39 Å². The zero-order valence-corrected chi connectivity index (χ0v) is 13.2. The maximum atomic E-state index is 13.1. The molecule has 1 atom stereocenters. The van der Waals surface area contributed by atoms with E-state index < -0.39 is 17.6 Å². The first kappa shape index (κ1) is 17.7. The van der Waals surface area contributed by atoms with Crippen molar-refractivity contribution in [3.8, 4) is 0 Å². The molecule has 2 rings (SSSR count). The van der Waals surface area contributed by atoms with Crippen LogP contribution in [0.1, 0.15) is 24.5 Å². The predicted octanol–water partition coefficient (Wildman–Crippen LogP) is 3.14. The third kappa shape index (κ3) is 4.67. The van der Waals surface area contributed by atoms with Crippen LogP contribution < -0.4 is 0 Å². The van der Waals surface area contributed by atoms with E-state index in [1.807, 2.05) is 0 Å². The molecule has 0 unspecified atom stereocenters. The predicted molar refractivity (Wildman–Crippen MR) is 78.1 cm³/mol. The number of amides is 1. The Morgan fingerprint density at radius 3 is 2.65 bits per heavy atom. The number of carbonyl (C=O) groups excluding carboxylic acids is 1. The summed E-state index contributed by atoms with van der Waals surface area (Å²) in [7, 11) is 1.74. The Hall–Kier alpha value is -1.63. The van der Waals surface area contributed by atoms with E-state index in [4.69, 9.17) is 0 Å². The van der Waals surface area contributed by atoms with Gasteiger partial charge in [0.05, 0.1) is 5.56 Å². The van der Waals surface area contributed by atoms with Crippen molar-refractivity contribution in [3.63, 3.8) is 0 Å². The highest BCUT2D eigenvalue weighted by Crippen LogP contribution is 2.33. The van der Waals surface area contributed by atoms with Crippen LogP contribution in [0.2, 0.25) is 0 Å².